The number of fused-ring (bicyclic) bond motifs is 1. The molecule has 0 bridgehead atoms. The summed E-state index contributed by atoms with van der Waals surface area (Å²) in [5.41, 5.74) is 3.53. The molecule has 1 aliphatic rings. The van der Waals surface area contributed by atoms with Crippen LogP contribution in [-0.4, -0.2) is 72.8 Å². The molecule has 2 heterocycles. The van der Waals surface area contributed by atoms with Crippen LogP contribution in [0.15, 0.2) is 42.7 Å². The number of methoxy groups -OCH3 is 1. The highest BCUT2D eigenvalue weighted by molar-refractivity contribution is 5.97. The van der Waals surface area contributed by atoms with Crippen molar-refractivity contribution in [2.24, 2.45) is 0 Å². The summed E-state index contributed by atoms with van der Waals surface area (Å²) in [4.78, 5) is 17.6. The van der Waals surface area contributed by atoms with Gasteiger partial charge in [-0.15, -0.1) is 0 Å². The molecule has 1 amide bonds. The maximum atomic E-state index is 15.1. The number of nitrogens with one attached hydrogen (secondary N) is 2. The average Bonchev–Trinajstić information content (AvgIpc) is 3.38. The third-order valence-corrected chi connectivity index (χ3v) is 6.28. The van der Waals surface area contributed by atoms with E-state index in [4.69, 9.17) is 9.47 Å². The van der Waals surface area contributed by atoms with Gasteiger partial charge in [-0.2, -0.15) is 5.10 Å². The Balaban J connectivity index is 1.60. The smallest absolute Gasteiger partial charge is 0.242 e. The highest BCUT2D eigenvalue weighted by Crippen LogP contribution is 2.34. The van der Waals surface area contributed by atoms with E-state index >= 15 is 4.39 Å². The zero-order chi connectivity index (χ0) is 24.9. The lowest BCUT2D eigenvalue weighted by atomic mass is 9.93. The topological polar surface area (TPSA) is 82.7 Å². The Morgan fingerprint density at radius 1 is 1.29 bits per heavy atom. The monoisotopic (exact) mass is 481 g/mol. The van der Waals surface area contributed by atoms with Crippen LogP contribution in [-0.2, 0) is 17.8 Å². The SMILES string of the molecule is CCN1Cc2ccc(OC)cc2C[C@@H]1C(=O)Nc1cc(F)c(-c2cn[nH]c2)cc1OCCN(C)C. The second kappa shape index (κ2) is 10.9. The minimum absolute atomic E-state index is 0.201. The van der Waals surface area contributed by atoms with Crippen molar-refractivity contribution in [1.29, 1.82) is 0 Å². The van der Waals surface area contributed by atoms with Gasteiger partial charge in [-0.25, -0.2) is 4.39 Å². The summed E-state index contributed by atoms with van der Waals surface area (Å²) in [6.45, 7) is 4.47. The summed E-state index contributed by atoms with van der Waals surface area (Å²) in [7, 11) is 5.53. The minimum atomic E-state index is -0.465. The predicted molar refractivity (Wildman–Crippen MR) is 133 cm³/mol. The maximum Gasteiger partial charge on any atom is 0.242 e. The normalized spacial score (nSPS) is 15.7. The van der Waals surface area contributed by atoms with E-state index < -0.39 is 11.9 Å². The van der Waals surface area contributed by atoms with Gasteiger partial charge in [0.1, 0.15) is 23.9 Å². The lowest BCUT2D eigenvalue weighted by Crippen LogP contribution is -2.47. The van der Waals surface area contributed by atoms with Crippen molar-refractivity contribution in [2.45, 2.75) is 25.9 Å². The van der Waals surface area contributed by atoms with Gasteiger partial charge in [-0.1, -0.05) is 13.0 Å². The van der Waals surface area contributed by atoms with E-state index in [1.165, 1.54) is 11.6 Å². The number of hydrogen-bond donors (Lipinski definition) is 2. The number of halogens is 1. The van der Waals surface area contributed by atoms with Gasteiger partial charge in [-0.05, 0) is 56.4 Å². The van der Waals surface area contributed by atoms with Gasteiger partial charge in [0.25, 0.3) is 0 Å². The fourth-order valence-electron chi connectivity index (χ4n) is 4.27. The molecule has 2 N–H and O–H groups in total. The first-order valence-corrected chi connectivity index (χ1v) is 11.7. The molecule has 8 nitrogen and oxygen atoms in total. The first kappa shape index (κ1) is 24.7. The third-order valence-electron chi connectivity index (χ3n) is 6.28. The van der Waals surface area contributed by atoms with E-state index in [0.29, 0.717) is 55.2 Å². The number of amides is 1. The van der Waals surface area contributed by atoms with E-state index in [-0.39, 0.29) is 5.91 Å². The summed E-state index contributed by atoms with van der Waals surface area (Å²) < 4.78 is 26.4. The van der Waals surface area contributed by atoms with Gasteiger partial charge in [0.15, 0.2) is 0 Å². The molecule has 0 radical (unpaired) electrons. The number of likely N-dealkylation sites (N-methyl/N-ethyl adjacent to an activating group) is 2. The zero-order valence-corrected chi connectivity index (χ0v) is 20.6. The first-order valence-electron chi connectivity index (χ1n) is 11.7. The number of aromatic nitrogens is 2. The van der Waals surface area contributed by atoms with Crippen LogP contribution in [0.25, 0.3) is 11.1 Å². The highest BCUT2D eigenvalue weighted by atomic mass is 19.1. The molecule has 4 rings (SSSR count). The zero-order valence-electron chi connectivity index (χ0n) is 20.6. The summed E-state index contributed by atoms with van der Waals surface area (Å²) >= 11 is 0. The number of ether oxygens (including phenoxy) is 2. The number of carbonyl (C=O) groups excluding carboxylic acids is 1. The lowest BCUT2D eigenvalue weighted by Gasteiger charge is -2.35. The standard InChI is InChI=1S/C26H32FN5O3/c1-5-32-16-17-6-7-20(34-4)10-18(17)11-24(32)26(33)30-23-13-22(27)21(19-14-28-29-15-19)12-25(23)35-9-8-31(2)3/h6-7,10,12-15,24H,5,8-9,11,16H2,1-4H3,(H,28,29)(H,30,33)/t24-/m1/s1. The van der Waals surface area contributed by atoms with Crippen molar-refractivity contribution in [1.82, 2.24) is 20.0 Å². The van der Waals surface area contributed by atoms with E-state index in [1.54, 1.807) is 25.6 Å². The van der Waals surface area contributed by atoms with Crippen LogP contribution in [0.3, 0.4) is 0 Å². The van der Waals surface area contributed by atoms with Crippen molar-refractivity contribution in [3.8, 4) is 22.6 Å². The fourth-order valence-corrected chi connectivity index (χ4v) is 4.27. The van der Waals surface area contributed by atoms with Gasteiger partial charge in [0.2, 0.25) is 5.91 Å². The van der Waals surface area contributed by atoms with Crippen LogP contribution < -0.4 is 14.8 Å². The van der Waals surface area contributed by atoms with Crippen molar-refractivity contribution in [2.75, 3.05) is 46.2 Å². The Bertz CT molecular complexity index is 1170. The molecule has 0 unspecified atom stereocenters. The molecule has 0 fully saturated rings. The van der Waals surface area contributed by atoms with Crippen molar-refractivity contribution in [3.63, 3.8) is 0 Å². The molecule has 9 heteroatoms. The predicted octanol–water partition coefficient (Wildman–Crippen LogP) is 3.55. The number of nitrogens with zero attached hydrogens (tertiary/aromatic N) is 3. The van der Waals surface area contributed by atoms with Crippen LogP contribution in [0.1, 0.15) is 18.1 Å². The molecule has 0 saturated carbocycles. The van der Waals surface area contributed by atoms with Crippen molar-refractivity contribution in [3.05, 3.63) is 59.7 Å². The van der Waals surface area contributed by atoms with Gasteiger partial charge in [-0.3, -0.25) is 14.8 Å². The van der Waals surface area contributed by atoms with E-state index in [9.17, 15) is 4.79 Å². The maximum absolute atomic E-state index is 15.1. The number of rotatable bonds is 9. The summed E-state index contributed by atoms with van der Waals surface area (Å²) in [5.74, 6) is 0.515. The lowest BCUT2D eigenvalue weighted by molar-refractivity contribution is -0.121. The second-order valence-corrected chi connectivity index (χ2v) is 8.87. The first-order chi connectivity index (χ1) is 16.9. The molecule has 1 aliphatic heterocycles. The van der Waals surface area contributed by atoms with E-state index in [1.807, 2.05) is 44.1 Å². The molecule has 1 atom stereocenters. The van der Waals surface area contributed by atoms with Crippen LogP contribution in [0.2, 0.25) is 0 Å². The largest absolute Gasteiger partial charge is 0.497 e. The average molecular weight is 482 g/mol. The summed E-state index contributed by atoms with van der Waals surface area (Å²) in [6, 6.07) is 8.51. The molecule has 35 heavy (non-hydrogen) atoms. The Labute approximate surface area is 205 Å². The van der Waals surface area contributed by atoms with Crippen LogP contribution in [0, 0.1) is 5.82 Å². The Morgan fingerprint density at radius 2 is 2.11 bits per heavy atom. The minimum Gasteiger partial charge on any atom is -0.497 e. The fraction of sp³-hybridized carbons (Fsp3) is 0.385. The molecule has 1 aromatic heterocycles. The number of H-pyrrole nitrogens is 1. The summed E-state index contributed by atoms with van der Waals surface area (Å²) in [5, 5.41) is 9.56. The molecule has 186 valence electrons. The quantitative estimate of drug-likeness (QED) is 0.487. The number of hydrogen-bond acceptors (Lipinski definition) is 6. The Morgan fingerprint density at radius 3 is 2.80 bits per heavy atom. The number of aromatic amines is 1. The summed E-state index contributed by atoms with van der Waals surface area (Å²) in [6.07, 6.45) is 3.71. The molecular weight excluding hydrogens is 449 g/mol. The van der Waals surface area contributed by atoms with Gasteiger partial charge < -0.3 is 19.7 Å². The van der Waals surface area contributed by atoms with Gasteiger partial charge in [0, 0.05) is 36.5 Å². The van der Waals surface area contributed by atoms with Crippen molar-refractivity contribution >= 4 is 11.6 Å². The van der Waals surface area contributed by atoms with Gasteiger partial charge in [0.05, 0.1) is 25.0 Å². The molecule has 0 saturated heterocycles. The van der Waals surface area contributed by atoms with Crippen LogP contribution in [0.5, 0.6) is 11.5 Å². The number of benzene rings is 2. The number of anilines is 1. The van der Waals surface area contributed by atoms with E-state index in [0.717, 1.165) is 11.3 Å². The van der Waals surface area contributed by atoms with Crippen molar-refractivity contribution < 1.29 is 18.7 Å². The molecule has 3 aromatic rings. The molecule has 2 aromatic carbocycles. The van der Waals surface area contributed by atoms with Crippen LogP contribution >= 0.6 is 0 Å². The van der Waals surface area contributed by atoms with E-state index in [2.05, 4.69) is 20.4 Å². The molecule has 0 aliphatic carbocycles. The molecular formula is C26H32FN5O3. The van der Waals surface area contributed by atoms with Gasteiger partial charge >= 0.3 is 0 Å². The third kappa shape index (κ3) is 5.63. The molecule has 0 spiro atoms. The second-order valence-electron chi connectivity index (χ2n) is 8.87. The number of carbonyl (C=O) groups is 1. The van der Waals surface area contributed by atoms with Crippen LogP contribution in [0.4, 0.5) is 10.1 Å². The Hall–Kier alpha value is -3.43. The Kier molecular flexibility index (Phi) is 7.67. The highest BCUT2D eigenvalue weighted by Gasteiger charge is 2.31.